The van der Waals surface area contributed by atoms with Gasteiger partial charge in [-0.3, -0.25) is 4.79 Å². The molecule has 0 radical (unpaired) electrons. The molecule has 1 atom stereocenters. The smallest absolute Gasteiger partial charge is 0.239 e. The zero-order chi connectivity index (χ0) is 12.0. The van der Waals surface area contributed by atoms with E-state index in [1.165, 1.54) is 0 Å². The maximum atomic E-state index is 11.2. The fourth-order valence-corrected chi connectivity index (χ4v) is 1.26. The van der Waals surface area contributed by atoms with Crippen molar-refractivity contribution in [1.29, 1.82) is 0 Å². The molecule has 1 aromatic carbocycles. The Labute approximate surface area is 93.9 Å². The van der Waals surface area contributed by atoms with Crippen molar-refractivity contribution in [2.24, 2.45) is 5.73 Å². The van der Waals surface area contributed by atoms with Crippen LogP contribution in [0.5, 0.6) is 5.75 Å². The lowest BCUT2D eigenvalue weighted by Gasteiger charge is -2.09. The number of benzene rings is 1. The molecule has 0 saturated heterocycles. The van der Waals surface area contributed by atoms with E-state index in [9.17, 15) is 9.90 Å². The number of para-hydroxylation sites is 1. The van der Waals surface area contributed by atoms with Gasteiger partial charge in [0.2, 0.25) is 5.91 Å². The number of phenolic OH excluding ortho intramolecular Hbond substituents is 1. The Kier molecular flexibility index (Phi) is 4.75. The first-order valence-electron chi connectivity index (χ1n) is 5.06. The normalized spacial score (nSPS) is 12.1. The maximum Gasteiger partial charge on any atom is 0.239 e. The highest BCUT2D eigenvalue weighted by Crippen LogP contribution is 2.15. The monoisotopic (exact) mass is 224 g/mol. The van der Waals surface area contributed by atoms with Crippen LogP contribution < -0.4 is 11.1 Å². The molecule has 0 spiro atoms. The second-order valence-corrected chi connectivity index (χ2v) is 3.46. The minimum absolute atomic E-state index is 0.211. The molecule has 0 aliphatic carbocycles. The van der Waals surface area contributed by atoms with Gasteiger partial charge in [0, 0.05) is 6.54 Å². The van der Waals surface area contributed by atoms with Crippen LogP contribution in [-0.2, 0) is 11.2 Å². The van der Waals surface area contributed by atoms with Crippen molar-refractivity contribution in [2.45, 2.75) is 12.5 Å². The molecule has 1 amide bonds. The number of amides is 1. The Balaban J connectivity index is 2.36. The number of phenols is 1. The molecule has 5 N–H and O–H groups in total. The number of hydrogen-bond acceptors (Lipinski definition) is 4. The number of carbonyl (C=O) groups is 1. The van der Waals surface area contributed by atoms with Gasteiger partial charge in [0.1, 0.15) is 11.8 Å². The fourth-order valence-electron chi connectivity index (χ4n) is 1.26. The third-order valence-corrected chi connectivity index (χ3v) is 2.22. The number of rotatable bonds is 5. The van der Waals surface area contributed by atoms with Crippen LogP contribution in [0.4, 0.5) is 0 Å². The van der Waals surface area contributed by atoms with Crippen molar-refractivity contribution in [1.82, 2.24) is 5.32 Å². The second-order valence-electron chi connectivity index (χ2n) is 3.46. The summed E-state index contributed by atoms with van der Waals surface area (Å²) in [5.74, 6) is -0.180. The Bertz CT molecular complexity index is 355. The molecule has 1 aromatic rings. The summed E-state index contributed by atoms with van der Waals surface area (Å²) in [5, 5.41) is 20.7. The standard InChI is InChI=1S/C11H16N2O3/c12-9(7-14)11(16)13-6-5-8-3-1-2-4-10(8)15/h1-4,9,14-15H,5-7,12H2,(H,13,16)/t9-/m0/s1. The molecule has 5 heteroatoms. The van der Waals surface area contributed by atoms with E-state index in [0.717, 1.165) is 5.56 Å². The van der Waals surface area contributed by atoms with Gasteiger partial charge in [-0.15, -0.1) is 0 Å². The summed E-state index contributed by atoms with van der Waals surface area (Å²) in [6.45, 7) is 0.00648. The van der Waals surface area contributed by atoms with Crippen LogP contribution in [-0.4, -0.2) is 35.3 Å². The fraction of sp³-hybridized carbons (Fsp3) is 0.364. The quantitative estimate of drug-likeness (QED) is 0.535. The Morgan fingerprint density at radius 3 is 2.75 bits per heavy atom. The number of carbonyl (C=O) groups excluding carboxylic acids is 1. The predicted octanol–water partition coefficient (Wildman–Crippen LogP) is -0.629. The van der Waals surface area contributed by atoms with Gasteiger partial charge in [-0.1, -0.05) is 18.2 Å². The van der Waals surface area contributed by atoms with E-state index in [1.807, 2.05) is 6.07 Å². The molecule has 0 bridgehead atoms. The Hall–Kier alpha value is -1.59. The minimum atomic E-state index is -0.885. The van der Waals surface area contributed by atoms with Crippen LogP contribution >= 0.6 is 0 Å². The first-order chi connectivity index (χ1) is 7.65. The lowest BCUT2D eigenvalue weighted by atomic mass is 10.1. The van der Waals surface area contributed by atoms with Crippen molar-refractivity contribution >= 4 is 5.91 Å². The maximum absolute atomic E-state index is 11.2. The van der Waals surface area contributed by atoms with Gasteiger partial charge >= 0.3 is 0 Å². The van der Waals surface area contributed by atoms with E-state index in [2.05, 4.69) is 5.32 Å². The van der Waals surface area contributed by atoms with Crippen LogP contribution in [0.25, 0.3) is 0 Å². The predicted molar refractivity (Wildman–Crippen MR) is 59.9 cm³/mol. The first-order valence-corrected chi connectivity index (χ1v) is 5.06. The average molecular weight is 224 g/mol. The van der Waals surface area contributed by atoms with Crippen LogP contribution in [0.3, 0.4) is 0 Å². The SMILES string of the molecule is N[C@@H](CO)C(=O)NCCc1ccccc1O. The van der Waals surface area contributed by atoms with E-state index >= 15 is 0 Å². The number of nitrogens with one attached hydrogen (secondary N) is 1. The molecule has 0 aromatic heterocycles. The van der Waals surface area contributed by atoms with Crippen molar-refractivity contribution in [3.8, 4) is 5.75 Å². The molecule has 5 nitrogen and oxygen atoms in total. The van der Waals surface area contributed by atoms with Crippen LogP contribution in [0.1, 0.15) is 5.56 Å². The van der Waals surface area contributed by atoms with E-state index in [0.29, 0.717) is 13.0 Å². The van der Waals surface area contributed by atoms with Crippen molar-refractivity contribution in [3.63, 3.8) is 0 Å². The zero-order valence-corrected chi connectivity index (χ0v) is 8.89. The lowest BCUT2D eigenvalue weighted by Crippen LogP contribution is -2.43. The summed E-state index contributed by atoms with van der Waals surface area (Å²) in [6, 6.07) is 6.05. The summed E-state index contributed by atoms with van der Waals surface area (Å²) >= 11 is 0. The summed E-state index contributed by atoms with van der Waals surface area (Å²) in [5.41, 5.74) is 6.08. The molecule has 0 aliphatic heterocycles. The topological polar surface area (TPSA) is 95.6 Å². The van der Waals surface area contributed by atoms with Gasteiger partial charge in [-0.05, 0) is 18.1 Å². The number of nitrogens with two attached hydrogens (primary N) is 1. The van der Waals surface area contributed by atoms with Crippen molar-refractivity contribution in [3.05, 3.63) is 29.8 Å². The average Bonchev–Trinajstić information content (AvgIpc) is 2.30. The second kappa shape index (κ2) is 6.09. The van der Waals surface area contributed by atoms with Crippen LogP contribution in [0, 0.1) is 0 Å². The summed E-state index contributed by atoms with van der Waals surface area (Å²) in [4.78, 5) is 11.2. The highest BCUT2D eigenvalue weighted by atomic mass is 16.3. The minimum Gasteiger partial charge on any atom is -0.508 e. The van der Waals surface area contributed by atoms with Gasteiger partial charge < -0.3 is 21.3 Å². The Morgan fingerprint density at radius 2 is 2.12 bits per heavy atom. The largest absolute Gasteiger partial charge is 0.508 e. The molecule has 0 fully saturated rings. The molecule has 0 unspecified atom stereocenters. The van der Waals surface area contributed by atoms with Gasteiger partial charge in [0.05, 0.1) is 6.61 Å². The molecule has 0 aliphatic rings. The molecule has 16 heavy (non-hydrogen) atoms. The van der Waals surface area contributed by atoms with Gasteiger partial charge in [0.25, 0.3) is 0 Å². The van der Waals surface area contributed by atoms with E-state index in [4.69, 9.17) is 10.8 Å². The number of hydrogen-bond donors (Lipinski definition) is 4. The summed E-state index contributed by atoms with van der Waals surface area (Å²) in [6.07, 6.45) is 0.524. The molecule has 1 rings (SSSR count). The number of aliphatic hydroxyl groups excluding tert-OH is 1. The van der Waals surface area contributed by atoms with Crippen molar-refractivity contribution < 1.29 is 15.0 Å². The molecular formula is C11H16N2O3. The van der Waals surface area contributed by atoms with E-state index < -0.39 is 11.9 Å². The summed E-state index contributed by atoms with van der Waals surface area (Å²) < 4.78 is 0. The van der Waals surface area contributed by atoms with Gasteiger partial charge in [-0.25, -0.2) is 0 Å². The molecule has 0 saturated carbocycles. The number of aliphatic hydroxyl groups is 1. The first kappa shape index (κ1) is 12.5. The highest BCUT2D eigenvalue weighted by molar-refractivity contribution is 5.81. The third-order valence-electron chi connectivity index (χ3n) is 2.22. The van der Waals surface area contributed by atoms with E-state index in [1.54, 1.807) is 18.2 Å². The molecular weight excluding hydrogens is 208 g/mol. The van der Waals surface area contributed by atoms with Crippen LogP contribution in [0.2, 0.25) is 0 Å². The van der Waals surface area contributed by atoms with Crippen LogP contribution in [0.15, 0.2) is 24.3 Å². The third kappa shape index (κ3) is 3.52. The Morgan fingerprint density at radius 1 is 1.44 bits per heavy atom. The molecule has 0 heterocycles. The highest BCUT2D eigenvalue weighted by Gasteiger charge is 2.10. The number of aromatic hydroxyl groups is 1. The van der Waals surface area contributed by atoms with E-state index in [-0.39, 0.29) is 12.4 Å². The van der Waals surface area contributed by atoms with Crippen molar-refractivity contribution in [2.75, 3.05) is 13.2 Å². The van der Waals surface area contributed by atoms with Gasteiger partial charge in [-0.2, -0.15) is 0 Å². The van der Waals surface area contributed by atoms with Gasteiger partial charge in [0.15, 0.2) is 0 Å². The molecule has 88 valence electrons. The zero-order valence-electron chi connectivity index (χ0n) is 8.89. The summed E-state index contributed by atoms with van der Waals surface area (Å²) in [7, 11) is 0. The lowest BCUT2D eigenvalue weighted by molar-refractivity contribution is -0.123.